The van der Waals surface area contributed by atoms with Gasteiger partial charge >= 0.3 is 0 Å². The van der Waals surface area contributed by atoms with Crippen LogP contribution in [0.5, 0.6) is 0 Å². The van der Waals surface area contributed by atoms with Crippen molar-refractivity contribution in [1.29, 1.82) is 0 Å². The lowest BCUT2D eigenvalue weighted by Gasteiger charge is -2.11. The zero-order valence-electron chi connectivity index (χ0n) is 11.0. The predicted molar refractivity (Wildman–Crippen MR) is 72.4 cm³/mol. The second-order valence-corrected chi connectivity index (χ2v) is 4.49. The Labute approximate surface area is 110 Å². The maximum absolute atomic E-state index is 6.31. The third-order valence-corrected chi connectivity index (χ3v) is 3.21. The highest BCUT2D eigenvalue weighted by atomic mass is 15.2. The number of pyridine rings is 1. The summed E-state index contributed by atoms with van der Waals surface area (Å²) in [4.78, 5) is 8.99. The Morgan fingerprint density at radius 2 is 2.26 bits per heavy atom. The molecule has 3 rings (SSSR count). The van der Waals surface area contributed by atoms with E-state index < -0.39 is 0 Å². The minimum atomic E-state index is -0.289. The highest BCUT2D eigenvalue weighted by Crippen LogP contribution is 2.22. The largest absolute Gasteiger partial charge is 0.318 e. The van der Waals surface area contributed by atoms with E-state index in [2.05, 4.69) is 22.0 Å². The highest BCUT2D eigenvalue weighted by Gasteiger charge is 2.19. The lowest BCUT2D eigenvalue weighted by molar-refractivity contribution is 0.666. The molecule has 2 N–H and O–H groups in total. The van der Waals surface area contributed by atoms with E-state index in [0.29, 0.717) is 0 Å². The van der Waals surface area contributed by atoms with Crippen LogP contribution in [-0.4, -0.2) is 24.3 Å². The van der Waals surface area contributed by atoms with Gasteiger partial charge in [-0.05, 0) is 19.1 Å². The minimum absolute atomic E-state index is 0.289. The summed E-state index contributed by atoms with van der Waals surface area (Å²) >= 11 is 0. The number of nitrogens with zero attached hydrogens (tertiary/aromatic N) is 5. The first kappa shape index (κ1) is 11.9. The van der Waals surface area contributed by atoms with Crippen LogP contribution in [0.2, 0.25) is 0 Å². The minimum Gasteiger partial charge on any atom is -0.318 e. The van der Waals surface area contributed by atoms with Gasteiger partial charge in [0.1, 0.15) is 11.3 Å². The van der Waals surface area contributed by atoms with Gasteiger partial charge in [0.15, 0.2) is 5.65 Å². The molecule has 98 valence electrons. The monoisotopic (exact) mass is 256 g/mol. The zero-order valence-corrected chi connectivity index (χ0v) is 11.0. The standard InChI is InChI=1S/C13H16N6/c1-3-19-12-10(5-4-6-15-12)17-13(19)11(14)9-7-16-18(2)8-9/h4-8,11H,3,14H2,1-2H3. The highest BCUT2D eigenvalue weighted by molar-refractivity contribution is 5.71. The molecule has 3 aromatic heterocycles. The zero-order chi connectivity index (χ0) is 13.4. The van der Waals surface area contributed by atoms with Crippen LogP contribution in [0.25, 0.3) is 11.2 Å². The third kappa shape index (κ3) is 1.90. The van der Waals surface area contributed by atoms with Crippen molar-refractivity contribution in [2.45, 2.75) is 19.5 Å². The Balaban J connectivity index is 2.14. The van der Waals surface area contributed by atoms with Crippen molar-refractivity contribution in [2.24, 2.45) is 12.8 Å². The second kappa shape index (κ2) is 4.47. The van der Waals surface area contributed by atoms with Gasteiger partial charge in [-0.25, -0.2) is 9.97 Å². The normalized spacial score (nSPS) is 13.0. The summed E-state index contributed by atoms with van der Waals surface area (Å²) in [5, 5.41) is 4.16. The summed E-state index contributed by atoms with van der Waals surface area (Å²) in [6.07, 6.45) is 5.46. The van der Waals surface area contributed by atoms with Crippen LogP contribution >= 0.6 is 0 Å². The van der Waals surface area contributed by atoms with Gasteiger partial charge in [-0.15, -0.1) is 0 Å². The third-order valence-electron chi connectivity index (χ3n) is 3.21. The summed E-state index contributed by atoms with van der Waals surface area (Å²) in [5.74, 6) is 0.823. The molecule has 6 heteroatoms. The average Bonchev–Trinajstić information content (AvgIpc) is 3.01. The molecule has 0 aliphatic rings. The Bertz CT molecular complexity index is 711. The molecular weight excluding hydrogens is 240 g/mol. The van der Waals surface area contributed by atoms with Crippen LogP contribution in [0.15, 0.2) is 30.7 Å². The van der Waals surface area contributed by atoms with E-state index in [9.17, 15) is 0 Å². The fourth-order valence-corrected chi connectivity index (χ4v) is 2.27. The molecule has 1 unspecified atom stereocenters. The Hall–Kier alpha value is -2.21. The molecule has 0 fully saturated rings. The van der Waals surface area contributed by atoms with Crippen LogP contribution in [0.4, 0.5) is 0 Å². The van der Waals surface area contributed by atoms with Crippen molar-refractivity contribution in [1.82, 2.24) is 24.3 Å². The molecule has 0 aliphatic carbocycles. The number of aryl methyl sites for hydroxylation is 2. The maximum atomic E-state index is 6.31. The fraction of sp³-hybridized carbons (Fsp3) is 0.308. The summed E-state index contributed by atoms with van der Waals surface area (Å²) in [6.45, 7) is 2.85. The first-order valence-electron chi connectivity index (χ1n) is 6.26. The average molecular weight is 256 g/mol. The molecule has 0 bridgehead atoms. The van der Waals surface area contributed by atoms with E-state index in [0.717, 1.165) is 29.1 Å². The van der Waals surface area contributed by atoms with Crippen LogP contribution < -0.4 is 5.73 Å². The molecule has 6 nitrogen and oxygen atoms in total. The van der Waals surface area contributed by atoms with Crippen LogP contribution in [0, 0.1) is 0 Å². The van der Waals surface area contributed by atoms with Crippen molar-refractivity contribution >= 4 is 11.2 Å². The number of rotatable bonds is 3. The number of nitrogens with two attached hydrogens (primary N) is 1. The van der Waals surface area contributed by atoms with Crippen molar-refractivity contribution in [3.05, 3.63) is 42.1 Å². The van der Waals surface area contributed by atoms with E-state index in [1.165, 1.54) is 0 Å². The van der Waals surface area contributed by atoms with E-state index in [1.54, 1.807) is 17.1 Å². The van der Waals surface area contributed by atoms with Gasteiger partial charge in [0.05, 0.1) is 12.2 Å². The first-order valence-corrected chi connectivity index (χ1v) is 6.26. The number of imidazole rings is 1. The van der Waals surface area contributed by atoms with Gasteiger partial charge in [-0.3, -0.25) is 4.68 Å². The van der Waals surface area contributed by atoms with Crippen molar-refractivity contribution < 1.29 is 0 Å². The molecule has 1 atom stereocenters. The quantitative estimate of drug-likeness (QED) is 0.765. The molecule has 0 radical (unpaired) electrons. The molecule has 19 heavy (non-hydrogen) atoms. The molecule has 0 amide bonds. The molecule has 0 aliphatic heterocycles. The fourth-order valence-electron chi connectivity index (χ4n) is 2.27. The van der Waals surface area contributed by atoms with Crippen molar-refractivity contribution in [2.75, 3.05) is 0 Å². The molecule has 0 saturated carbocycles. The smallest absolute Gasteiger partial charge is 0.160 e. The van der Waals surface area contributed by atoms with E-state index in [-0.39, 0.29) is 6.04 Å². The van der Waals surface area contributed by atoms with Crippen molar-refractivity contribution in [3.8, 4) is 0 Å². The van der Waals surface area contributed by atoms with E-state index in [4.69, 9.17) is 5.73 Å². The predicted octanol–water partition coefficient (Wildman–Crippen LogP) is 1.23. The van der Waals surface area contributed by atoms with Gasteiger partial charge in [-0.1, -0.05) is 0 Å². The summed E-state index contributed by atoms with van der Waals surface area (Å²) in [6, 6.07) is 3.55. The summed E-state index contributed by atoms with van der Waals surface area (Å²) in [7, 11) is 1.88. The number of hydrogen-bond acceptors (Lipinski definition) is 4. The number of fused-ring (bicyclic) bond motifs is 1. The van der Waals surface area contributed by atoms with Gasteiger partial charge in [0.25, 0.3) is 0 Å². The molecule has 3 heterocycles. The Kier molecular flexibility index (Phi) is 2.79. The first-order chi connectivity index (χ1) is 9.20. The SMILES string of the molecule is CCn1c(C(N)c2cnn(C)c2)nc2cccnc21. The molecule has 0 saturated heterocycles. The topological polar surface area (TPSA) is 74.6 Å². The van der Waals surface area contributed by atoms with Gasteiger partial charge in [-0.2, -0.15) is 5.10 Å². The molecule has 0 spiro atoms. The second-order valence-electron chi connectivity index (χ2n) is 4.49. The van der Waals surface area contributed by atoms with Crippen LogP contribution in [0.3, 0.4) is 0 Å². The van der Waals surface area contributed by atoms with Crippen molar-refractivity contribution in [3.63, 3.8) is 0 Å². The molecule has 0 aromatic carbocycles. The number of hydrogen-bond donors (Lipinski definition) is 1. The van der Waals surface area contributed by atoms with Crippen LogP contribution in [0.1, 0.15) is 24.4 Å². The Morgan fingerprint density at radius 3 is 2.95 bits per heavy atom. The van der Waals surface area contributed by atoms with Gasteiger partial charge in [0.2, 0.25) is 0 Å². The van der Waals surface area contributed by atoms with E-state index in [1.807, 2.05) is 29.9 Å². The molecule has 3 aromatic rings. The van der Waals surface area contributed by atoms with E-state index >= 15 is 0 Å². The lowest BCUT2D eigenvalue weighted by Crippen LogP contribution is -2.17. The number of aromatic nitrogens is 5. The van der Waals surface area contributed by atoms with Gasteiger partial charge in [0, 0.05) is 31.5 Å². The molecular formula is C13H16N6. The lowest BCUT2D eigenvalue weighted by atomic mass is 10.1. The summed E-state index contributed by atoms with van der Waals surface area (Å²) < 4.78 is 3.79. The maximum Gasteiger partial charge on any atom is 0.160 e. The van der Waals surface area contributed by atoms with Crippen LogP contribution in [-0.2, 0) is 13.6 Å². The summed E-state index contributed by atoms with van der Waals surface area (Å²) in [5.41, 5.74) is 9.01. The Morgan fingerprint density at radius 1 is 1.42 bits per heavy atom. The van der Waals surface area contributed by atoms with Gasteiger partial charge < -0.3 is 10.3 Å².